The number of hydrogen-bond acceptors (Lipinski definition) is 7. The molecule has 4 rings (SSSR count). The summed E-state index contributed by atoms with van der Waals surface area (Å²) in [5.41, 5.74) is 0.915. The molecule has 10 heteroatoms. The van der Waals surface area contributed by atoms with Crippen LogP contribution in [0.1, 0.15) is 42.1 Å². The van der Waals surface area contributed by atoms with E-state index >= 15 is 0 Å². The Kier molecular flexibility index (Phi) is 5.00. The van der Waals surface area contributed by atoms with Crippen LogP contribution >= 0.6 is 11.3 Å². The van der Waals surface area contributed by atoms with E-state index in [0.717, 1.165) is 23.5 Å². The second-order valence-electron chi connectivity index (χ2n) is 7.04. The average molecular weight is 404 g/mol. The quantitative estimate of drug-likeness (QED) is 0.433. The summed E-state index contributed by atoms with van der Waals surface area (Å²) in [4.78, 5) is 17.6. The molecule has 0 amide bonds. The van der Waals surface area contributed by atoms with Crippen LogP contribution in [0, 0.1) is 10.1 Å². The van der Waals surface area contributed by atoms with Gasteiger partial charge in [-0.2, -0.15) is 4.52 Å². The Hall–Kier alpha value is -2.56. The fourth-order valence-electron chi connectivity index (χ4n) is 3.75. The van der Waals surface area contributed by atoms with Gasteiger partial charge in [-0.3, -0.25) is 10.1 Å². The fraction of sp³-hybridized carbons (Fsp3) is 0.444. The Bertz CT molecular complexity index is 991. The van der Waals surface area contributed by atoms with E-state index in [-0.39, 0.29) is 23.7 Å². The molecular formula is C18H22N5O4S+. The maximum Gasteiger partial charge on any atom is 0.269 e. The number of non-ortho nitro benzene ring substituents is 1. The average Bonchev–Trinajstić information content (AvgIpc) is 3.23. The number of nitrogens with one attached hydrogen (secondary N) is 1. The number of hydrogen-bond donors (Lipinski definition) is 3. The number of nitrogens with zero attached hydrogens (tertiary/aromatic N) is 4. The SMILES string of the molecule is CCc1nc2sc([C@H](c3ccc([N+](=O)[O-])cc3)[NH+]3CCC(O)CC3)c(O)n2n1. The molecule has 1 fully saturated rings. The molecule has 0 aliphatic carbocycles. The van der Waals surface area contributed by atoms with Crippen molar-refractivity contribution in [3.8, 4) is 5.88 Å². The van der Waals surface area contributed by atoms with Crippen molar-refractivity contribution in [2.45, 2.75) is 38.3 Å². The zero-order chi connectivity index (χ0) is 19.8. The number of nitro groups is 1. The molecule has 3 heterocycles. The summed E-state index contributed by atoms with van der Waals surface area (Å²) in [6.07, 6.45) is 1.74. The van der Waals surface area contributed by atoms with E-state index in [1.807, 2.05) is 6.92 Å². The predicted molar refractivity (Wildman–Crippen MR) is 103 cm³/mol. The van der Waals surface area contributed by atoms with Crippen LogP contribution < -0.4 is 4.90 Å². The summed E-state index contributed by atoms with van der Waals surface area (Å²) in [6.45, 7) is 3.45. The van der Waals surface area contributed by atoms with Gasteiger partial charge in [0.1, 0.15) is 4.88 Å². The highest BCUT2D eigenvalue weighted by Gasteiger charge is 2.35. The van der Waals surface area contributed by atoms with E-state index in [1.54, 1.807) is 12.1 Å². The number of thiazole rings is 1. The van der Waals surface area contributed by atoms with Crippen molar-refractivity contribution in [2.75, 3.05) is 13.1 Å². The summed E-state index contributed by atoms with van der Waals surface area (Å²) in [5, 5.41) is 36.1. The highest BCUT2D eigenvalue weighted by atomic mass is 32.1. The molecule has 0 bridgehead atoms. The van der Waals surface area contributed by atoms with E-state index in [0.29, 0.717) is 30.0 Å². The summed E-state index contributed by atoms with van der Waals surface area (Å²) in [7, 11) is 0. The molecule has 9 nitrogen and oxygen atoms in total. The molecule has 148 valence electrons. The van der Waals surface area contributed by atoms with Gasteiger partial charge in [0.15, 0.2) is 11.9 Å². The summed E-state index contributed by atoms with van der Waals surface area (Å²) in [6, 6.07) is 6.27. The largest absolute Gasteiger partial charge is 0.492 e. The maximum absolute atomic E-state index is 11.0. The minimum Gasteiger partial charge on any atom is -0.492 e. The zero-order valence-corrected chi connectivity index (χ0v) is 16.2. The highest BCUT2D eigenvalue weighted by molar-refractivity contribution is 7.17. The maximum atomic E-state index is 11.0. The Morgan fingerprint density at radius 2 is 2.04 bits per heavy atom. The third kappa shape index (κ3) is 3.34. The van der Waals surface area contributed by atoms with Crippen molar-refractivity contribution in [1.82, 2.24) is 14.6 Å². The van der Waals surface area contributed by atoms with Crippen LogP contribution in [0.2, 0.25) is 0 Å². The number of aliphatic hydroxyl groups is 1. The minimum absolute atomic E-state index is 0.0334. The normalized spacial score (nSPS) is 21.1. The molecule has 3 aromatic rings. The number of aromatic nitrogens is 3. The molecule has 1 aliphatic rings. The number of aryl methyl sites for hydroxylation is 1. The van der Waals surface area contributed by atoms with Crippen LogP contribution in [0.3, 0.4) is 0 Å². The summed E-state index contributed by atoms with van der Waals surface area (Å²) >= 11 is 1.39. The molecule has 1 saturated heterocycles. The van der Waals surface area contributed by atoms with Gasteiger partial charge in [-0.15, -0.1) is 5.10 Å². The Morgan fingerprint density at radius 1 is 1.36 bits per heavy atom. The van der Waals surface area contributed by atoms with Crippen LogP contribution in [-0.4, -0.2) is 48.9 Å². The van der Waals surface area contributed by atoms with Crippen LogP contribution in [-0.2, 0) is 6.42 Å². The molecule has 0 unspecified atom stereocenters. The van der Waals surface area contributed by atoms with Crippen LogP contribution in [0.15, 0.2) is 24.3 Å². The van der Waals surface area contributed by atoms with Gasteiger partial charge in [0, 0.05) is 37.0 Å². The molecule has 1 atom stereocenters. The van der Waals surface area contributed by atoms with Crippen molar-refractivity contribution in [3.63, 3.8) is 0 Å². The highest BCUT2D eigenvalue weighted by Crippen LogP contribution is 2.35. The molecular weight excluding hydrogens is 382 g/mol. The fourth-order valence-corrected chi connectivity index (χ4v) is 4.91. The lowest BCUT2D eigenvalue weighted by molar-refractivity contribution is -0.931. The van der Waals surface area contributed by atoms with Gasteiger partial charge >= 0.3 is 0 Å². The number of piperidine rings is 1. The number of benzene rings is 1. The second-order valence-corrected chi connectivity index (χ2v) is 8.05. The van der Waals surface area contributed by atoms with Gasteiger partial charge in [-0.1, -0.05) is 18.3 Å². The lowest BCUT2D eigenvalue weighted by atomic mass is 9.99. The first-order valence-electron chi connectivity index (χ1n) is 9.32. The first-order chi connectivity index (χ1) is 13.5. The van der Waals surface area contributed by atoms with Crippen molar-refractivity contribution < 1.29 is 20.0 Å². The van der Waals surface area contributed by atoms with Crippen molar-refractivity contribution in [3.05, 3.63) is 50.6 Å². The van der Waals surface area contributed by atoms with Crippen molar-refractivity contribution >= 4 is 22.0 Å². The molecule has 28 heavy (non-hydrogen) atoms. The third-order valence-electron chi connectivity index (χ3n) is 5.26. The predicted octanol–water partition coefficient (Wildman–Crippen LogP) is 1.10. The van der Waals surface area contributed by atoms with Gasteiger partial charge in [0.05, 0.1) is 24.1 Å². The molecule has 1 aliphatic heterocycles. The third-order valence-corrected chi connectivity index (χ3v) is 6.35. The number of rotatable bonds is 5. The number of nitro benzene ring substituents is 1. The minimum atomic E-state index is -0.421. The van der Waals surface area contributed by atoms with E-state index < -0.39 is 4.92 Å². The number of aromatic hydroxyl groups is 1. The monoisotopic (exact) mass is 404 g/mol. The molecule has 0 radical (unpaired) electrons. The summed E-state index contributed by atoms with van der Waals surface area (Å²) in [5.74, 6) is 0.739. The van der Waals surface area contributed by atoms with E-state index in [2.05, 4.69) is 10.1 Å². The first kappa shape index (κ1) is 18.8. The smallest absolute Gasteiger partial charge is 0.269 e. The molecule has 0 saturated carbocycles. The standard InChI is InChI=1S/C18H21N5O4S/c1-2-14-19-18-22(20-14)17(25)16(28-18)15(21-9-7-13(24)8-10-21)11-3-5-12(6-4-11)23(26)27/h3-6,13,15,24-25H,2,7-10H2,1H3/p+1/t15-/m0/s1. The van der Waals surface area contributed by atoms with Crippen molar-refractivity contribution in [1.29, 1.82) is 0 Å². The summed E-state index contributed by atoms with van der Waals surface area (Å²) < 4.78 is 1.47. The Morgan fingerprint density at radius 3 is 2.61 bits per heavy atom. The van der Waals surface area contributed by atoms with Crippen LogP contribution in [0.4, 0.5) is 5.69 Å². The van der Waals surface area contributed by atoms with Gasteiger partial charge in [-0.25, -0.2) is 4.98 Å². The number of aliphatic hydroxyl groups excluding tert-OH is 1. The molecule has 2 aromatic heterocycles. The van der Waals surface area contributed by atoms with E-state index in [1.165, 1.54) is 32.9 Å². The molecule has 3 N–H and O–H groups in total. The van der Waals surface area contributed by atoms with Gasteiger partial charge < -0.3 is 15.1 Å². The zero-order valence-electron chi connectivity index (χ0n) is 15.4. The Balaban J connectivity index is 1.77. The van der Waals surface area contributed by atoms with Gasteiger partial charge in [-0.05, 0) is 12.1 Å². The second kappa shape index (κ2) is 7.46. The van der Waals surface area contributed by atoms with Gasteiger partial charge in [0.2, 0.25) is 10.8 Å². The Labute approximate surface area is 165 Å². The van der Waals surface area contributed by atoms with E-state index in [4.69, 9.17) is 0 Å². The molecule has 1 aromatic carbocycles. The van der Waals surface area contributed by atoms with Gasteiger partial charge in [0.25, 0.3) is 5.69 Å². The van der Waals surface area contributed by atoms with Crippen LogP contribution in [0.25, 0.3) is 4.96 Å². The number of likely N-dealkylation sites (tertiary alicyclic amines) is 1. The van der Waals surface area contributed by atoms with E-state index in [9.17, 15) is 20.3 Å². The topological polar surface area (TPSA) is 118 Å². The van der Waals surface area contributed by atoms with Crippen molar-refractivity contribution in [2.24, 2.45) is 0 Å². The number of fused-ring (bicyclic) bond motifs is 1. The lowest BCUT2D eigenvalue weighted by Gasteiger charge is -2.32. The first-order valence-corrected chi connectivity index (χ1v) is 10.1. The van der Waals surface area contributed by atoms with Crippen LogP contribution in [0.5, 0.6) is 5.88 Å². The lowest BCUT2D eigenvalue weighted by Crippen LogP contribution is -3.13. The molecule has 0 spiro atoms. The number of quaternary nitrogens is 1.